The molecular weight excluding hydrogens is 476 g/mol. The smallest absolute Gasteiger partial charge is 0.373 e. The molecule has 1 saturated heterocycles. The second kappa shape index (κ2) is 9.73. The van der Waals surface area contributed by atoms with Gasteiger partial charge in [0.1, 0.15) is 17.9 Å². The normalized spacial score (nSPS) is 21.9. The van der Waals surface area contributed by atoms with Crippen molar-refractivity contribution in [2.75, 3.05) is 17.4 Å². The van der Waals surface area contributed by atoms with Crippen LogP contribution in [-0.2, 0) is 14.3 Å². The van der Waals surface area contributed by atoms with Gasteiger partial charge in [0.15, 0.2) is 0 Å². The quantitative estimate of drug-likeness (QED) is 0.299. The Morgan fingerprint density at radius 1 is 1.05 bits per heavy atom. The van der Waals surface area contributed by atoms with Crippen LogP contribution in [0.4, 0.5) is 11.4 Å². The van der Waals surface area contributed by atoms with E-state index in [0.717, 1.165) is 4.90 Å². The van der Waals surface area contributed by atoms with Gasteiger partial charge in [0.2, 0.25) is 11.7 Å². The average molecular weight is 498 g/mol. The highest BCUT2D eigenvalue weighted by atomic mass is 16.5. The molecule has 1 fully saturated rings. The molecule has 0 radical (unpaired) electrons. The van der Waals surface area contributed by atoms with Crippen molar-refractivity contribution in [1.82, 2.24) is 5.01 Å². The summed E-state index contributed by atoms with van der Waals surface area (Å²) in [5, 5.41) is 21.9. The number of carbonyl (C=O) groups excluding carboxylic acids is 3. The van der Waals surface area contributed by atoms with Gasteiger partial charge in [0.05, 0.1) is 36.4 Å². The molecule has 2 aliphatic heterocycles. The van der Waals surface area contributed by atoms with Crippen LogP contribution in [0.1, 0.15) is 28.0 Å². The van der Waals surface area contributed by atoms with Gasteiger partial charge in [-0.15, -0.1) is 0 Å². The monoisotopic (exact) mass is 498 g/mol. The lowest BCUT2D eigenvalue weighted by Crippen LogP contribution is -2.55. The minimum atomic E-state index is -1.31. The van der Waals surface area contributed by atoms with E-state index in [2.05, 4.69) is 10.2 Å². The van der Waals surface area contributed by atoms with E-state index in [1.165, 1.54) is 24.3 Å². The van der Waals surface area contributed by atoms with Crippen LogP contribution < -0.4 is 10.3 Å². The van der Waals surface area contributed by atoms with E-state index in [-0.39, 0.29) is 17.4 Å². The summed E-state index contributed by atoms with van der Waals surface area (Å²) in [5.74, 6) is -2.34. The van der Waals surface area contributed by atoms with Crippen LogP contribution in [0, 0.1) is 17.2 Å². The van der Waals surface area contributed by atoms with Crippen molar-refractivity contribution in [3.63, 3.8) is 0 Å². The molecule has 10 heteroatoms. The Hall–Kier alpha value is -4.72. The number of hydrazine groups is 1. The number of furan rings is 1. The summed E-state index contributed by atoms with van der Waals surface area (Å²) in [6, 6.07) is 18.2. The lowest BCUT2D eigenvalue weighted by molar-refractivity contribution is -0.123. The number of esters is 1. The van der Waals surface area contributed by atoms with Crippen LogP contribution in [0.2, 0.25) is 0 Å². The molecule has 0 spiro atoms. The zero-order valence-corrected chi connectivity index (χ0v) is 19.6. The number of carbonyl (C=O) groups is 3. The lowest BCUT2D eigenvalue weighted by Gasteiger charge is -2.40. The third-order valence-electron chi connectivity index (χ3n) is 6.37. The number of fused-ring (bicyclic) bond motifs is 1. The lowest BCUT2D eigenvalue weighted by atomic mass is 9.92. The summed E-state index contributed by atoms with van der Waals surface area (Å²) in [5.41, 5.74) is 4.59. The van der Waals surface area contributed by atoms with E-state index >= 15 is 0 Å². The van der Waals surface area contributed by atoms with Crippen LogP contribution in [0.5, 0.6) is 0 Å². The summed E-state index contributed by atoms with van der Waals surface area (Å²) >= 11 is 0. The molecule has 1 aromatic heterocycles. The maximum absolute atomic E-state index is 13.7. The summed E-state index contributed by atoms with van der Waals surface area (Å²) < 4.78 is 10.2. The first kappa shape index (κ1) is 24.0. The van der Waals surface area contributed by atoms with Crippen LogP contribution >= 0.6 is 0 Å². The number of para-hydroxylation sites is 1. The van der Waals surface area contributed by atoms with E-state index in [1.807, 2.05) is 6.07 Å². The van der Waals surface area contributed by atoms with Crippen LogP contribution in [0.3, 0.4) is 0 Å². The molecule has 2 amide bonds. The van der Waals surface area contributed by atoms with Gasteiger partial charge in [-0.2, -0.15) is 5.26 Å². The highest BCUT2D eigenvalue weighted by molar-refractivity contribution is 6.24. The van der Waals surface area contributed by atoms with Gasteiger partial charge in [-0.25, -0.2) is 14.7 Å². The topological polar surface area (TPSA) is 136 Å². The molecule has 0 aliphatic carbocycles. The zero-order chi connectivity index (χ0) is 26.1. The molecule has 5 rings (SSSR count). The van der Waals surface area contributed by atoms with Crippen molar-refractivity contribution >= 4 is 29.2 Å². The van der Waals surface area contributed by atoms with Gasteiger partial charge in [0.25, 0.3) is 5.91 Å². The molecule has 0 saturated carbocycles. The highest BCUT2D eigenvalue weighted by Gasteiger charge is 2.54. The van der Waals surface area contributed by atoms with E-state index in [9.17, 15) is 19.5 Å². The molecule has 2 aliphatic rings. The second-order valence-corrected chi connectivity index (χ2v) is 8.54. The SMILES string of the molecule is COC(=O)c1ccc(C(O)C2C=CC3C(=O)N(c4ccccc4)C(=O)C3N2Nc2ccc(C#N)cc2)o1. The summed E-state index contributed by atoms with van der Waals surface area (Å²) in [6.45, 7) is 0. The minimum absolute atomic E-state index is 0.0804. The number of nitrogens with one attached hydrogen (secondary N) is 1. The van der Waals surface area contributed by atoms with Crippen LogP contribution in [0.25, 0.3) is 0 Å². The predicted octanol–water partition coefficient (Wildman–Crippen LogP) is 2.80. The first-order valence-electron chi connectivity index (χ1n) is 11.5. The number of nitriles is 1. The van der Waals surface area contributed by atoms with Crippen LogP contribution in [0.15, 0.2) is 83.3 Å². The Labute approximate surface area is 211 Å². The largest absolute Gasteiger partial charge is 0.463 e. The first-order chi connectivity index (χ1) is 17.9. The van der Waals surface area contributed by atoms with Gasteiger partial charge >= 0.3 is 5.97 Å². The standard InChI is InChI=1S/C27H22N4O6/c1-36-27(35)22-14-13-21(37-22)24(32)20-12-11-19-23(31(20)29-17-9-7-16(15-28)8-10-17)26(34)30(25(19)33)18-5-3-2-4-6-18/h2-14,19-20,23-24,29,32H,1H3. The Balaban J connectivity index is 1.52. The fourth-order valence-corrected chi connectivity index (χ4v) is 4.56. The van der Waals surface area contributed by atoms with Gasteiger partial charge < -0.3 is 19.7 Å². The van der Waals surface area contributed by atoms with Crippen molar-refractivity contribution in [2.24, 2.45) is 5.92 Å². The molecule has 2 aromatic carbocycles. The molecule has 2 N–H and O–H groups in total. The third-order valence-corrected chi connectivity index (χ3v) is 6.37. The maximum Gasteiger partial charge on any atom is 0.373 e. The molecule has 37 heavy (non-hydrogen) atoms. The molecule has 0 bridgehead atoms. The predicted molar refractivity (Wildman–Crippen MR) is 131 cm³/mol. The zero-order valence-electron chi connectivity index (χ0n) is 19.6. The van der Waals surface area contributed by atoms with Crippen LogP contribution in [-0.4, -0.2) is 47.1 Å². The van der Waals surface area contributed by atoms with Crippen molar-refractivity contribution < 1.29 is 28.6 Å². The fourth-order valence-electron chi connectivity index (χ4n) is 4.56. The number of aliphatic hydroxyl groups excluding tert-OH is 1. The molecule has 3 heterocycles. The average Bonchev–Trinajstić information content (AvgIpc) is 3.52. The number of benzene rings is 2. The number of ether oxygens (including phenoxy) is 1. The molecule has 186 valence electrons. The number of nitrogens with zero attached hydrogens (tertiary/aromatic N) is 3. The molecular formula is C27H22N4O6. The number of amides is 2. The number of imide groups is 1. The van der Waals surface area contributed by atoms with Crippen molar-refractivity contribution in [1.29, 1.82) is 5.26 Å². The number of aliphatic hydroxyl groups is 1. The fraction of sp³-hybridized carbons (Fsp3) is 0.185. The Morgan fingerprint density at radius 2 is 1.78 bits per heavy atom. The summed E-state index contributed by atoms with van der Waals surface area (Å²) in [6.07, 6.45) is 1.93. The van der Waals surface area contributed by atoms with Gasteiger partial charge in [-0.05, 0) is 48.5 Å². The molecule has 3 aromatic rings. The van der Waals surface area contributed by atoms with Gasteiger partial charge in [-0.1, -0.05) is 30.4 Å². The molecule has 4 unspecified atom stereocenters. The van der Waals surface area contributed by atoms with Gasteiger partial charge in [0, 0.05) is 5.69 Å². The Kier molecular flexibility index (Phi) is 6.31. The summed E-state index contributed by atoms with van der Waals surface area (Å²) in [7, 11) is 1.22. The second-order valence-electron chi connectivity index (χ2n) is 8.54. The first-order valence-corrected chi connectivity index (χ1v) is 11.5. The van der Waals surface area contributed by atoms with E-state index in [1.54, 1.807) is 66.7 Å². The Bertz CT molecular complexity index is 1410. The number of methoxy groups -OCH3 is 1. The number of rotatable bonds is 6. The number of hydrogen-bond acceptors (Lipinski definition) is 9. The van der Waals surface area contributed by atoms with Crippen molar-refractivity contribution in [2.45, 2.75) is 18.2 Å². The van der Waals surface area contributed by atoms with Gasteiger partial charge in [-0.3, -0.25) is 9.59 Å². The summed E-state index contributed by atoms with van der Waals surface area (Å²) in [4.78, 5) is 40.0. The van der Waals surface area contributed by atoms with Crippen molar-refractivity contribution in [3.05, 3.63) is 96.0 Å². The minimum Gasteiger partial charge on any atom is -0.463 e. The van der Waals surface area contributed by atoms with E-state index < -0.39 is 36.0 Å². The van der Waals surface area contributed by atoms with Crippen molar-refractivity contribution in [3.8, 4) is 6.07 Å². The number of anilines is 2. The van der Waals surface area contributed by atoms with E-state index in [0.29, 0.717) is 16.9 Å². The number of hydrogen-bond donors (Lipinski definition) is 2. The third kappa shape index (κ3) is 4.27. The Morgan fingerprint density at radius 3 is 2.46 bits per heavy atom. The molecule has 10 nitrogen and oxygen atoms in total. The van der Waals surface area contributed by atoms with E-state index in [4.69, 9.17) is 9.68 Å². The maximum atomic E-state index is 13.7. The molecule has 4 atom stereocenters. The highest BCUT2D eigenvalue weighted by Crippen LogP contribution is 2.38.